The van der Waals surface area contributed by atoms with E-state index in [-0.39, 0.29) is 10.5 Å². The summed E-state index contributed by atoms with van der Waals surface area (Å²) in [7, 11) is -2.76. The maximum atomic E-state index is 12.5. The first-order valence-corrected chi connectivity index (χ1v) is 9.26. The van der Waals surface area contributed by atoms with Crippen molar-refractivity contribution in [1.29, 1.82) is 0 Å². The SMILES string of the molecule is COC(=O)[C@@H](C)OC(=O)c1cccc(S(=O)(=O)Nc2ccc(Cl)cc2)c1. The second kappa shape index (κ2) is 8.20. The predicted molar refractivity (Wildman–Crippen MR) is 95.6 cm³/mol. The Bertz CT molecular complexity index is 911. The van der Waals surface area contributed by atoms with Crippen molar-refractivity contribution in [2.75, 3.05) is 11.8 Å². The number of methoxy groups -OCH3 is 1. The molecule has 0 aliphatic carbocycles. The number of nitrogens with one attached hydrogen (secondary N) is 1. The normalized spacial score (nSPS) is 12.1. The molecule has 7 nitrogen and oxygen atoms in total. The summed E-state index contributed by atoms with van der Waals surface area (Å²) in [6, 6.07) is 11.4. The molecule has 0 radical (unpaired) electrons. The molecule has 0 aliphatic rings. The van der Waals surface area contributed by atoms with Crippen molar-refractivity contribution in [2.24, 2.45) is 0 Å². The molecule has 0 fully saturated rings. The fourth-order valence-corrected chi connectivity index (χ4v) is 3.19. The number of halogens is 1. The monoisotopic (exact) mass is 397 g/mol. The van der Waals surface area contributed by atoms with E-state index in [0.29, 0.717) is 10.7 Å². The quantitative estimate of drug-likeness (QED) is 0.752. The molecular weight excluding hydrogens is 382 g/mol. The van der Waals surface area contributed by atoms with Gasteiger partial charge < -0.3 is 9.47 Å². The third kappa shape index (κ3) is 4.96. The number of esters is 2. The molecule has 0 unspecified atom stereocenters. The van der Waals surface area contributed by atoms with Crippen LogP contribution in [-0.2, 0) is 24.3 Å². The van der Waals surface area contributed by atoms with Crippen LogP contribution in [0.25, 0.3) is 0 Å². The fourth-order valence-electron chi connectivity index (χ4n) is 1.96. The van der Waals surface area contributed by atoms with Gasteiger partial charge in [0.25, 0.3) is 10.0 Å². The van der Waals surface area contributed by atoms with E-state index < -0.39 is 28.1 Å². The zero-order chi connectivity index (χ0) is 19.3. The molecule has 0 spiro atoms. The van der Waals surface area contributed by atoms with Gasteiger partial charge in [-0.25, -0.2) is 18.0 Å². The summed E-state index contributed by atoms with van der Waals surface area (Å²) >= 11 is 5.77. The van der Waals surface area contributed by atoms with Crippen molar-refractivity contribution in [3.8, 4) is 0 Å². The Hall–Kier alpha value is -2.58. The smallest absolute Gasteiger partial charge is 0.346 e. The Kier molecular flexibility index (Phi) is 6.23. The third-order valence-electron chi connectivity index (χ3n) is 3.29. The molecule has 138 valence electrons. The minimum Gasteiger partial charge on any atom is -0.466 e. The molecule has 0 saturated carbocycles. The Labute approximate surface area is 155 Å². The first-order valence-electron chi connectivity index (χ1n) is 7.40. The summed E-state index contributed by atoms with van der Waals surface area (Å²) in [6.07, 6.45) is -1.11. The minimum atomic E-state index is -3.92. The highest BCUT2D eigenvalue weighted by atomic mass is 35.5. The molecule has 0 aliphatic heterocycles. The van der Waals surface area contributed by atoms with Crippen LogP contribution in [-0.4, -0.2) is 33.6 Å². The van der Waals surface area contributed by atoms with Gasteiger partial charge in [-0.2, -0.15) is 0 Å². The molecule has 9 heteroatoms. The van der Waals surface area contributed by atoms with Gasteiger partial charge in [-0.15, -0.1) is 0 Å². The van der Waals surface area contributed by atoms with Crippen molar-refractivity contribution in [2.45, 2.75) is 17.9 Å². The maximum Gasteiger partial charge on any atom is 0.346 e. The number of sulfonamides is 1. The van der Waals surface area contributed by atoms with Gasteiger partial charge in [0, 0.05) is 10.7 Å². The zero-order valence-electron chi connectivity index (χ0n) is 13.9. The lowest BCUT2D eigenvalue weighted by molar-refractivity contribution is -0.149. The van der Waals surface area contributed by atoms with E-state index >= 15 is 0 Å². The van der Waals surface area contributed by atoms with Crippen molar-refractivity contribution >= 4 is 39.3 Å². The van der Waals surface area contributed by atoms with Crippen LogP contribution >= 0.6 is 11.6 Å². The first kappa shape index (κ1) is 19.7. The zero-order valence-corrected chi connectivity index (χ0v) is 15.5. The number of hydrogen-bond acceptors (Lipinski definition) is 6. The highest BCUT2D eigenvalue weighted by Crippen LogP contribution is 2.19. The minimum absolute atomic E-state index is 0.0141. The Morgan fingerprint density at radius 1 is 1.12 bits per heavy atom. The lowest BCUT2D eigenvalue weighted by atomic mass is 10.2. The fraction of sp³-hybridized carbons (Fsp3) is 0.176. The number of carbonyl (C=O) groups excluding carboxylic acids is 2. The number of ether oxygens (including phenoxy) is 2. The van der Waals surface area contributed by atoms with Gasteiger partial charge in [0.1, 0.15) is 0 Å². The van der Waals surface area contributed by atoms with Crippen molar-refractivity contribution in [3.05, 3.63) is 59.1 Å². The largest absolute Gasteiger partial charge is 0.466 e. The molecule has 2 aromatic carbocycles. The summed E-state index contributed by atoms with van der Waals surface area (Å²) in [6.45, 7) is 1.35. The number of hydrogen-bond donors (Lipinski definition) is 1. The summed E-state index contributed by atoms with van der Waals surface area (Å²) in [4.78, 5) is 23.3. The van der Waals surface area contributed by atoms with Gasteiger partial charge in [-0.3, -0.25) is 4.72 Å². The van der Waals surface area contributed by atoms with Crippen LogP contribution in [0.4, 0.5) is 5.69 Å². The van der Waals surface area contributed by atoms with E-state index in [1.165, 1.54) is 44.4 Å². The van der Waals surface area contributed by atoms with Crippen molar-refractivity contribution in [3.63, 3.8) is 0 Å². The van der Waals surface area contributed by atoms with Crippen LogP contribution in [0.2, 0.25) is 5.02 Å². The molecule has 0 saturated heterocycles. The highest BCUT2D eigenvalue weighted by Gasteiger charge is 2.21. The highest BCUT2D eigenvalue weighted by molar-refractivity contribution is 7.92. The predicted octanol–water partition coefficient (Wildman–Crippen LogP) is 2.86. The number of benzene rings is 2. The number of anilines is 1. The van der Waals surface area contributed by atoms with Crippen LogP contribution in [0.1, 0.15) is 17.3 Å². The lowest BCUT2D eigenvalue weighted by Crippen LogP contribution is -2.25. The standard InChI is InChI=1S/C17H16ClNO6S/c1-11(16(20)24-2)25-17(21)12-4-3-5-15(10-12)26(22,23)19-14-8-6-13(18)7-9-14/h3-11,19H,1-2H3/t11-/m1/s1. The van der Waals surface area contributed by atoms with Crippen LogP contribution in [0.5, 0.6) is 0 Å². The van der Waals surface area contributed by atoms with Gasteiger partial charge in [0.05, 0.1) is 17.6 Å². The molecule has 0 heterocycles. The van der Waals surface area contributed by atoms with Crippen LogP contribution in [0, 0.1) is 0 Å². The number of carbonyl (C=O) groups is 2. The van der Waals surface area contributed by atoms with E-state index in [0.717, 1.165) is 6.07 Å². The molecule has 0 aromatic heterocycles. The Morgan fingerprint density at radius 3 is 2.38 bits per heavy atom. The van der Waals surface area contributed by atoms with Crippen LogP contribution in [0.3, 0.4) is 0 Å². The average Bonchev–Trinajstić information content (AvgIpc) is 2.62. The lowest BCUT2D eigenvalue weighted by Gasteiger charge is -2.12. The summed E-state index contributed by atoms with van der Waals surface area (Å²) in [5, 5.41) is 0.470. The van der Waals surface area contributed by atoms with Gasteiger partial charge in [-0.05, 0) is 49.4 Å². The molecule has 0 bridgehead atoms. The van der Waals surface area contributed by atoms with Gasteiger partial charge >= 0.3 is 11.9 Å². The second-order valence-electron chi connectivity index (χ2n) is 5.21. The van der Waals surface area contributed by atoms with E-state index in [2.05, 4.69) is 9.46 Å². The van der Waals surface area contributed by atoms with Crippen LogP contribution in [0.15, 0.2) is 53.4 Å². The van der Waals surface area contributed by atoms with E-state index in [4.69, 9.17) is 16.3 Å². The maximum absolute atomic E-state index is 12.5. The van der Waals surface area contributed by atoms with Gasteiger partial charge in [-0.1, -0.05) is 17.7 Å². The Morgan fingerprint density at radius 2 is 1.77 bits per heavy atom. The molecule has 1 atom stereocenters. The second-order valence-corrected chi connectivity index (χ2v) is 7.33. The van der Waals surface area contributed by atoms with Gasteiger partial charge in [0.15, 0.2) is 6.10 Å². The van der Waals surface area contributed by atoms with E-state index in [1.54, 1.807) is 12.1 Å². The molecule has 1 N–H and O–H groups in total. The molecular formula is C17H16ClNO6S. The number of rotatable bonds is 6. The average molecular weight is 398 g/mol. The third-order valence-corrected chi connectivity index (χ3v) is 4.92. The van der Waals surface area contributed by atoms with Crippen LogP contribution < -0.4 is 4.72 Å². The first-order chi connectivity index (χ1) is 12.2. The summed E-state index contributed by atoms with van der Waals surface area (Å²) < 4.78 is 36.7. The van der Waals surface area contributed by atoms with Gasteiger partial charge in [0.2, 0.25) is 0 Å². The van der Waals surface area contributed by atoms with E-state index in [1.807, 2.05) is 0 Å². The van der Waals surface area contributed by atoms with Crippen molar-refractivity contribution in [1.82, 2.24) is 0 Å². The molecule has 2 aromatic rings. The molecule has 0 amide bonds. The van der Waals surface area contributed by atoms with E-state index in [9.17, 15) is 18.0 Å². The van der Waals surface area contributed by atoms with Crippen molar-refractivity contribution < 1.29 is 27.5 Å². The molecule has 2 rings (SSSR count). The topological polar surface area (TPSA) is 98.8 Å². The summed E-state index contributed by atoms with van der Waals surface area (Å²) in [5.74, 6) is -1.56. The Balaban J connectivity index is 2.20. The molecule has 26 heavy (non-hydrogen) atoms. The summed E-state index contributed by atoms with van der Waals surface area (Å²) in [5.41, 5.74) is 0.307.